The summed E-state index contributed by atoms with van der Waals surface area (Å²) in [6.45, 7) is 0. The lowest BCUT2D eigenvalue weighted by Gasteiger charge is -2.03. The van der Waals surface area contributed by atoms with Gasteiger partial charge in [-0.2, -0.15) is 0 Å². The number of halogens is 3. The number of anilines is 1. The SMILES string of the molecule is O=C1NC(=O)/C(=C/c2ccc(C(=O)Nc3nnc(SCc4ccc(F)c(F)c4F)s3)cc2)S1. The van der Waals surface area contributed by atoms with E-state index in [1.54, 1.807) is 24.3 Å². The number of nitrogens with zero attached hydrogens (tertiary/aromatic N) is 2. The van der Waals surface area contributed by atoms with Crippen LogP contribution in [-0.2, 0) is 10.5 Å². The Morgan fingerprint density at radius 3 is 2.52 bits per heavy atom. The Kier molecular flexibility index (Phi) is 6.81. The molecule has 7 nitrogen and oxygen atoms in total. The third kappa shape index (κ3) is 5.43. The number of hydrogen-bond acceptors (Lipinski definition) is 8. The average molecular weight is 509 g/mol. The van der Waals surface area contributed by atoms with Gasteiger partial charge in [0.1, 0.15) is 0 Å². The zero-order chi connectivity index (χ0) is 23.5. The molecule has 168 valence electrons. The molecule has 1 aliphatic rings. The first-order chi connectivity index (χ1) is 15.8. The van der Waals surface area contributed by atoms with Crippen LogP contribution in [0.4, 0.5) is 23.1 Å². The zero-order valence-corrected chi connectivity index (χ0v) is 18.7. The van der Waals surface area contributed by atoms with Crippen molar-refractivity contribution >= 4 is 63.1 Å². The third-order valence-corrected chi connectivity index (χ3v) is 7.04. The number of imide groups is 1. The minimum Gasteiger partial charge on any atom is -0.296 e. The highest BCUT2D eigenvalue weighted by Crippen LogP contribution is 2.30. The first kappa shape index (κ1) is 23.0. The van der Waals surface area contributed by atoms with Crippen molar-refractivity contribution < 1.29 is 27.6 Å². The molecule has 2 heterocycles. The first-order valence-corrected chi connectivity index (χ1v) is 11.7. The predicted octanol–water partition coefficient (Wildman–Crippen LogP) is 4.82. The number of hydrogen-bond donors (Lipinski definition) is 2. The van der Waals surface area contributed by atoms with Gasteiger partial charge in [0.25, 0.3) is 17.1 Å². The Bertz CT molecular complexity index is 1300. The molecule has 1 fully saturated rings. The second kappa shape index (κ2) is 9.77. The van der Waals surface area contributed by atoms with E-state index >= 15 is 0 Å². The third-order valence-electron chi connectivity index (χ3n) is 4.21. The topological polar surface area (TPSA) is 101 Å². The van der Waals surface area contributed by atoms with Gasteiger partial charge in [-0.25, -0.2) is 13.2 Å². The van der Waals surface area contributed by atoms with Crippen LogP contribution >= 0.6 is 34.9 Å². The van der Waals surface area contributed by atoms with Crippen LogP contribution in [0.5, 0.6) is 0 Å². The maximum atomic E-state index is 13.8. The standard InChI is InChI=1S/C20H11F3N4O3S3/c21-12-6-5-11(14(22)15(12)23)8-31-20-27-26-18(33-20)24-16(28)10-3-1-9(2-4-10)7-13-17(29)25-19(30)32-13/h1-7H,8H2,(H,24,26,28)(H,25,29,30)/b13-7-. The van der Waals surface area contributed by atoms with E-state index in [0.29, 0.717) is 15.5 Å². The van der Waals surface area contributed by atoms with Gasteiger partial charge in [-0.15, -0.1) is 10.2 Å². The number of nitrogens with one attached hydrogen (secondary N) is 2. The molecule has 0 spiro atoms. The van der Waals surface area contributed by atoms with Gasteiger partial charge in [-0.3, -0.25) is 25.0 Å². The summed E-state index contributed by atoms with van der Waals surface area (Å²) in [5.74, 6) is -4.95. The van der Waals surface area contributed by atoms with Crippen LogP contribution in [0, 0.1) is 17.5 Å². The predicted molar refractivity (Wildman–Crippen MR) is 119 cm³/mol. The first-order valence-electron chi connectivity index (χ1n) is 9.05. The van der Waals surface area contributed by atoms with Gasteiger partial charge in [-0.1, -0.05) is 41.3 Å². The summed E-state index contributed by atoms with van der Waals surface area (Å²) < 4.78 is 40.5. The summed E-state index contributed by atoms with van der Waals surface area (Å²) in [7, 11) is 0. The monoisotopic (exact) mass is 508 g/mol. The molecule has 1 saturated heterocycles. The Morgan fingerprint density at radius 2 is 1.82 bits per heavy atom. The van der Waals surface area contributed by atoms with Gasteiger partial charge in [0.05, 0.1) is 4.91 Å². The number of amides is 3. The molecule has 0 unspecified atom stereocenters. The summed E-state index contributed by atoms with van der Waals surface area (Å²) in [5.41, 5.74) is 0.940. The molecule has 33 heavy (non-hydrogen) atoms. The molecule has 4 rings (SSSR count). The van der Waals surface area contributed by atoms with E-state index in [1.165, 1.54) is 6.08 Å². The van der Waals surface area contributed by atoms with Crippen molar-refractivity contribution in [2.75, 3.05) is 5.32 Å². The Labute approximate surface area is 196 Å². The molecular formula is C20H11F3N4O3S3. The van der Waals surface area contributed by atoms with Gasteiger partial charge >= 0.3 is 0 Å². The second-order valence-electron chi connectivity index (χ2n) is 6.42. The smallest absolute Gasteiger partial charge is 0.290 e. The highest BCUT2D eigenvalue weighted by atomic mass is 32.2. The lowest BCUT2D eigenvalue weighted by atomic mass is 10.1. The zero-order valence-electron chi connectivity index (χ0n) is 16.2. The Morgan fingerprint density at radius 1 is 1.06 bits per heavy atom. The van der Waals surface area contributed by atoms with Crippen LogP contribution in [0.2, 0.25) is 0 Å². The molecule has 0 bridgehead atoms. The molecule has 0 atom stereocenters. The maximum absolute atomic E-state index is 13.8. The van der Waals surface area contributed by atoms with Crippen LogP contribution < -0.4 is 10.6 Å². The second-order valence-corrected chi connectivity index (χ2v) is 9.64. The molecule has 1 aliphatic heterocycles. The number of carbonyl (C=O) groups is 3. The van der Waals surface area contributed by atoms with Gasteiger partial charge < -0.3 is 0 Å². The summed E-state index contributed by atoms with van der Waals surface area (Å²) in [4.78, 5) is 35.5. The van der Waals surface area contributed by atoms with E-state index in [0.717, 1.165) is 47.0 Å². The minimum absolute atomic E-state index is 0.00445. The average Bonchev–Trinajstić information content (AvgIpc) is 3.37. The van der Waals surface area contributed by atoms with Gasteiger partial charge in [0.2, 0.25) is 5.13 Å². The van der Waals surface area contributed by atoms with Gasteiger partial charge in [-0.05, 0) is 41.6 Å². The summed E-state index contributed by atoms with van der Waals surface area (Å²) >= 11 is 2.90. The van der Waals surface area contributed by atoms with E-state index < -0.39 is 34.5 Å². The van der Waals surface area contributed by atoms with E-state index in [4.69, 9.17) is 0 Å². The molecule has 1 aromatic heterocycles. The number of aromatic nitrogens is 2. The number of benzene rings is 2. The van der Waals surface area contributed by atoms with Crippen LogP contribution in [-0.4, -0.2) is 27.3 Å². The van der Waals surface area contributed by atoms with Gasteiger partial charge in [0.15, 0.2) is 21.8 Å². The van der Waals surface area contributed by atoms with Crippen LogP contribution in [0.1, 0.15) is 21.5 Å². The molecule has 3 amide bonds. The van der Waals surface area contributed by atoms with Crippen LogP contribution in [0.15, 0.2) is 45.6 Å². The highest BCUT2D eigenvalue weighted by Gasteiger charge is 2.25. The molecule has 2 N–H and O–H groups in total. The summed E-state index contributed by atoms with van der Waals surface area (Å²) in [6, 6.07) is 8.34. The quantitative estimate of drug-likeness (QED) is 0.213. The fourth-order valence-electron chi connectivity index (χ4n) is 2.61. The maximum Gasteiger partial charge on any atom is 0.290 e. The molecule has 2 aromatic carbocycles. The van der Waals surface area contributed by atoms with E-state index in [1.807, 2.05) is 0 Å². The number of thioether (sulfide) groups is 2. The van der Waals surface area contributed by atoms with Crippen molar-refractivity contribution in [1.29, 1.82) is 0 Å². The molecular weight excluding hydrogens is 497 g/mol. The summed E-state index contributed by atoms with van der Waals surface area (Å²) in [6.07, 6.45) is 1.54. The fraction of sp³-hybridized carbons (Fsp3) is 0.0500. The van der Waals surface area contributed by atoms with Crippen molar-refractivity contribution in [3.05, 3.63) is 75.4 Å². The van der Waals surface area contributed by atoms with Crippen molar-refractivity contribution in [3.8, 4) is 0 Å². The molecule has 0 saturated carbocycles. The summed E-state index contributed by atoms with van der Waals surface area (Å²) in [5, 5.41) is 12.3. The minimum atomic E-state index is -1.53. The van der Waals surface area contributed by atoms with Crippen molar-refractivity contribution in [3.63, 3.8) is 0 Å². The molecule has 0 aliphatic carbocycles. The van der Waals surface area contributed by atoms with Gasteiger partial charge in [0, 0.05) is 16.9 Å². The lowest BCUT2D eigenvalue weighted by molar-refractivity contribution is -0.115. The number of carbonyl (C=O) groups excluding carboxylic acids is 3. The Hall–Kier alpha value is -3.16. The Balaban J connectivity index is 1.36. The van der Waals surface area contributed by atoms with Crippen molar-refractivity contribution in [2.45, 2.75) is 10.1 Å². The number of rotatable bonds is 6. The lowest BCUT2D eigenvalue weighted by Crippen LogP contribution is -2.17. The molecule has 3 aromatic rings. The van der Waals surface area contributed by atoms with E-state index in [2.05, 4.69) is 20.8 Å². The fourth-order valence-corrected chi connectivity index (χ4v) is 5.01. The van der Waals surface area contributed by atoms with Crippen LogP contribution in [0.3, 0.4) is 0 Å². The normalized spacial score (nSPS) is 14.6. The highest BCUT2D eigenvalue weighted by molar-refractivity contribution is 8.18. The molecule has 13 heteroatoms. The molecule has 0 radical (unpaired) electrons. The van der Waals surface area contributed by atoms with Crippen molar-refractivity contribution in [2.24, 2.45) is 0 Å². The van der Waals surface area contributed by atoms with Crippen LogP contribution in [0.25, 0.3) is 6.08 Å². The largest absolute Gasteiger partial charge is 0.296 e. The van der Waals surface area contributed by atoms with E-state index in [9.17, 15) is 27.6 Å². The van der Waals surface area contributed by atoms with Crippen molar-refractivity contribution in [1.82, 2.24) is 15.5 Å². The van der Waals surface area contributed by atoms with E-state index in [-0.39, 0.29) is 21.4 Å².